The minimum absolute atomic E-state index is 0.160. The maximum Gasteiger partial charge on any atom is 0.147 e. The molecule has 0 aromatic carbocycles. The Hall–Kier alpha value is -0.0200. The Labute approximate surface area is 89.5 Å². The van der Waals surface area contributed by atoms with E-state index in [-0.39, 0.29) is 17.9 Å². The van der Waals surface area contributed by atoms with Crippen molar-refractivity contribution in [2.45, 2.75) is 38.2 Å². The van der Waals surface area contributed by atoms with Gasteiger partial charge in [0.1, 0.15) is 5.78 Å². The fraction of sp³-hybridized carbons (Fsp3) is 0.909. The summed E-state index contributed by atoms with van der Waals surface area (Å²) < 4.78 is 0. The monoisotopic (exact) mass is 214 g/mol. The number of Topliss-reactive ketones (excluding diaryl/α,β-unsaturated/α-hetero) is 1. The fourth-order valence-corrected chi connectivity index (χ4v) is 3.86. The van der Waals surface area contributed by atoms with E-state index < -0.39 is 0 Å². The number of carbonyl (C=O) groups excluding carboxylic acids is 1. The Balaban J connectivity index is 2.02. The van der Waals surface area contributed by atoms with Crippen molar-refractivity contribution in [1.82, 2.24) is 0 Å². The van der Waals surface area contributed by atoms with Crippen molar-refractivity contribution in [3.63, 3.8) is 0 Å². The number of hydrogen-bond acceptors (Lipinski definition) is 3. The van der Waals surface area contributed by atoms with Gasteiger partial charge in [-0.05, 0) is 18.8 Å². The van der Waals surface area contributed by atoms with E-state index >= 15 is 0 Å². The highest BCUT2D eigenvalue weighted by atomic mass is 32.2. The van der Waals surface area contributed by atoms with Crippen LogP contribution in [0.3, 0.4) is 0 Å². The maximum atomic E-state index is 11.6. The Morgan fingerprint density at radius 1 is 1.21 bits per heavy atom. The third-order valence-electron chi connectivity index (χ3n) is 3.50. The van der Waals surface area contributed by atoms with E-state index in [9.17, 15) is 9.90 Å². The second kappa shape index (κ2) is 4.67. The summed E-state index contributed by atoms with van der Waals surface area (Å²) in [5, 5.41) is 9.97. The summed E-state index contributed by atoms with van der Waals surface area (Å²) in [5.41, 5.74) is 0. The lowest BCUT2D eigenvalue weighted by molar-refractivity contribution is -0.122. The van der Waals surface area contributed by atoms with Crippen LogP contribution in [0.15, 0.2) is 0 Å². The lowest BCUT2D eigenvalue weighted by Gasteiger charge is -2.24. The molecule has 0 spiro atoms. The SMILES string of the molecule is O=C1CSCC1C1CCCCCC1O. The molecule has 3 atom stereocenters. The number of ketones is 1. The highest BCUT2D eigenvalue weighted by Crippen LogP contribution is 2.35. The van der Waals surface area contributed by atoms with Gasteiger partial charge in [0.05, 0.1) is 11.9 Å². The van der Waals surface area contributed by atoms with E-state index in [0.717, 1.165) is 25.0 Å². The van der Waals surface area contributed by atoms with Gasteiger partial charge < -0.3 is 5.11 Å². The molecule has 2 rings (SSSR count). The topological polar surface area (TPSA) is 37.3 Å². The highest BCUT2D eigenvalue weighted by molar-refractivity contribution is 8.00. The molecule has 0 radical (unpaired) electrons. The van der Waals surface area contributed by atoms with Crippen molar-refractivity contribution >= 4 is 17.5 Å². The molecule has 1 heterocycles. The van der Waals surface area contributed by atoms with Crippen molar-refractivity contribution in [1.29, 1.82) is 0 Å². The lowest BCUT2D eigenvalue weighted by atomic mass is 9.83. The van der Waals surface area contributed by atoms with Gasteiger partial charge in [0, 0.05) is 11.7 Å². The molecule has 3 heteroatoms. The molecule has 1 aliphatic carbocycles. The lowest BCUT2D eigenvalue weighted by Crippen LogP contribution is -2.31. The van der Waals surface area contributed by atoms with Crippen molar-refractivity contribution in [3.8, 4) is 0 Å². The Bertz CT molecular complexity index is 217. The third-order valence-corrected chi connectivity index (χ3v) is 4.59. The van der Waals surface area contributed by atoms with Crippen molar-refractivity contribution in [3.05, 3.63) is 0 Å². The van der Waals surface area contributed by atoms with Crippen molar-refractivity contribution in [2.24, 2.45) is 11.8 Å². The molecular formula is C11H18O2S. The van der Waals surface area contributed by atoms with Gasteiger partial charge in [-0.2, -0.15) is 11.8 Å². The van der Waals surface area contributed by atoms with Gasteiger partial charge in [0.2, 0.25) is 0 Å². The van der Waals surface area contributed by atoms with Gasteiger partial charge in [0.15, 0.2) is 0 Å². The van der Waals surface area contributed by atoms with Gasteiger partial charge >= 0.3 is 0 Å². The first-order chi connectivity index (χ1) is 6.79. The van der Waals surface area contributed by atoms with Crippen LogP contribution >= 0.6 is 11.8 Å². The minimum atomic E-state index is -0.217. The largest absolute Gasteiger partial charge is 0.393 e. The van der Waals surface area contributed by atoms with Crippen LogP contribution < -0.4 is 0 Å². The van der Waals surface area contributed by atoms with E-state index in [1.165, 1.54) is 12.8 Å². The molecule has 2 aliphatic rings. The molecule has 1 saturated heterocycles. The predicted octanol–water partition coefficient (Wildman–Crippen LogP) is 1.86. The van der Waals surface area contributed by atoms with Gasteiger partial charge in [-0.1, -0.05) is 19.3 Å². The number of aliphatic hydroxyl groups excluding tert-OH is 1. The second-order valence-electron chi connectivity index (χ2n) is 4.46. The molecule has 0 amide bonds. The van der Waals surface area contributed by atoms with E-state index in [0.29, 0.717) is 11.5 Å². The number of thioether (sulfide) groups is 1. The summed E-state index contributed by atoms with van der Waals surface area (Å²) in [5.74, 6) is 2.42. The molecule has 3 unspecified atom stereocenters. The standard InChI is InChI=1S/C11H18O2S/c12-10-5-3-1-2-4-8(10)9-6-14-7-11(9)13/h8-10,12H,1-7H2. The van der Waals surface area contributed by atoms with Crippen LogP contribution in [0.1, 0.15) is 32.1 Å². The Kier molecular flexibility index (Phi) is 3.50. The summed E-state index contributed by atoms with van der Waals surface area (Å²) in [4.78, 5) is 11.6. The smallest absolute Gasteiger partial charge is 0.147 e. The summed E-state index contributed by atoms with van der Waals surface area (Å²) in [7, 11) is 0. The van der Waals surface area contributed by atoms with Gasteiger partial charge in [0.25, 0.3) is 0 Å². The molecule has 0 aromatic heterocycles. The molecular weight excluding hydrogens is 196 g/mol. The van der Waals surface area contributed by atoms with Gasteiger partial charge in [-0.25, -0.2) is 0 Å². The summed E-state index contributed by atoms with van der Waals surface area (Å²) in [6.45, 7) is 0. The van der Waals surface area contributed by atoms with E-state index in [4.69, 9.17) is 0 Å². The van der Waals surface area contributed by atoms with Crippen LogP contribution in [0.4, 0.5) is 0 Å². The molecule has 0 bridgehead atoms. The number of carbonyl (C=O) groups is 1. The van der Waals surface area contributed by atoms with Crippen LogP contribution in [-0.4, -0.2) is 28.5 Å². The van der Waals surface area contributed by atoms with Crippen LogP contribution in [0, 0.1) is 11.8 Å². The quantitative estimate of drug-likeness (QED) is 0.677. The third kappa shape index (κ3) is 2.14. The Morgan fingerprint density at radius 3 is 2.71 bits per heavy atom. The van der Waals surface area contributed by atoms with E-state index in [2.05, 4.69) is 0 Å². The van der Waals surface area contributed by atoms with Crippen LogP contribution in [-0.2, 0) is 4.79 Å². The number of hydrogen-bond donors (Lipinski definition) is 1. The molecule has 0 aromatic rings. The van der Waals surface area contributed by atoms with Gasteiger partial charge in [-0.3, -0.25) is 4.79 Å². The normalized spacial score (nSPS) is 39.8. The summed E-state index contributed by atoms with van der Waals surface area (Å²) in [6, 6.07) is 0. The average Bonchev–Trinajstić information content (AvgIpc) is 2.46. The van der Waals surface area contributed by atoms with Crippen LogP contribution in [0.2, 0.25) is 0 Å². The van der Waals surface area contributed by atoms with Crippen molar-refractivity contribution < 1.29 is 9.90 Å². The zero-order valence-corrected chi connectivity index (χ0v) is 9.26. The molecule has 80 valence electrons. The summed E-state index contributed by atoms with van der Waals surface area (Å²) in [6.07, 6.45) is 5.28. The zero-order valence-electron chi connectivity index (χ0n) is 8.45. The molecule has 1 N–H and O–H groups in total. The van der Waals surface area contributed by atoms with E-state index in [1.807, 2.05) is 0 Å². The van der Waals surface area contributed by atoms with Gasteiger partial charge in [-0.15, -0.1) is 0 Å². The molecule has 1 saturated carbocycles. The van der Waals surface area contributed by atoms with Crippen molar-refractivity contribution in [2.75, 3.05) is 11.5 Å². The fourth-order valence-electron chi connectivity index (χ4n) is 2.63. The number of rotatable bonds is 1. The van der Waals surface area contributed by atoms with Crippen LogP contribution in [0.5, 0.6) is 0 Å². The molecule has 14 heavy (non-hydrogen) atoms. The minimum Gasteiger partial charge on any atom is -0.393 e. The maximum absolute atomic E-state index is 11.6. The number of aliphatic hydroxyl groups is 1. The average molecular weight is 214 g/mol. The Morgan fingerprint density at radius 2 is 2.00 bits per heavy atom. The first-order valence-corrected chi connectivity index (χ1v) is 6.73. The molecule has 2 nitrogen and oxygen atoms in total. The zero-order chi connectivity index (χ0) is 9.97. The molecule has 2 fully saturated rings. The first kappa shape index (κ1) is 10.5. The summed E-state index contributed by atoms with van der Waals surface area (Å²) >= 11 is 1.73. The van der Waals surface area contributed by atoms with E-state index in [1.54, 1.807) is 11.8 Å². The predicted molar refractivity (Wildman–Crippen MR) is 58.4 cm³/mol. The van der Waals surface area contributed by atoms with Crippen LogP contribution in [0.25, 0.3) is 0 Å². The second-order valence-corrected chi connectivity index (χ2v) is 5.49. The highest BCUT2D eigenvalue weighted by Gasteiger charge is 2.36. The first-order valence-electron chi connectivity index (χ1n) is 5.57. The molecule has 1 aliphatic heterocycles.